The van der Waals surface area contributed by atoms with E-state index in [0.717, 1.165) is 10.7 Å². The Kier molecular flexibility index (Phi) is 5.27. The van der Waals surface area contributed by atoms with Crippen LogP contribution in [0.25, 0.3) is 5.69 Å². The maximum atomic E-state index is 14.8. The van der Waals surface area contributed by atoms with E-state index in [1.165, 1.54) is 42.9 Å². The van der Waals surface area contributed by atoms with Crippen LogP contribution in [0, 0.1) is 5.82 Å². The van der Waals surface area contributed by atoms with Gasteiger partial charge >= 0.3 is 12.5 Å². The van der Waals surface area contributed by atoms with Crippen molar-refractivity contribution in [2.75, 3.05) is 5.32 Å². The van der Waals surface area contributed by atoms with E-state index in [0.29, 0.717) is 18.4 Å². The topological polar surface area (TPSA) is 66.8 Å². The van der Waals surface area contributed by atoms with Gasteiger partial charge in [0.15, 0.2) is 17.2 Å². The molecule has 1 N–H and O–H groups in total. The first-order chi connectivity index (χ1) is 18.0. The minimum absolute atomic E-state index is 0.0446. The maximum absolute atomic E-state index is 14.8. The van der Waals surface area contributed by atoms with Gasteiger partial charge in [-0.05, 0) is 55.7 Å². The molecule has 0 saturated heterocycles. The summed E-state index contributed by atoms with van der Waals surface area (Å²) in [5.41, 5.74) is -0.454. The molecule has 0 radical (unpaired) electrons. The predicted octanol–water partition coefficient (Wildman–Crippen LogP) is 6.53. The molecule has 6 rings (SSSR count). The smallest absolute Gasteiger partial charge is 0.451 e. The summed E-state index contributed by atoms with van der Waals surface area (Å²) in [6, 6.07) is 7.24. The lowest BCUT2D eigenvalue weighted by Gasteiger charge is -2.32. The molecule has 200 valence electrons. The highest BCUT2D eigenvalue weighted by Gasteiger charge is 2.51. The van der Waals surface area contributed by atoms with E-state index in [9.17, 15) is 26.3 Å². The van der Waals surface area contributed by atoms with Crippen molar-refractivity contribution in [1.82, 2.24) is 9.78 Å². The lowest BCUT2D eigenvalue weighted by molar-refractivity contribution is -0.286. The molecule has 38 heavy (non-hydrogen) atoms. The first kappa shape index (κ1) is 24.3. The molecule has 1 aliphatic carbocycles. The van der Waals surface area contributed by atoms with Crippen molar-refractivity contribution >= 4 is 5.69 Å². The molecule has 1 spiro atoms. The molecule has 13 heteroatoms. The lowest BCUT2D eigenvalue weighted by atomic mass is 9.90. The standard InChI is InChI=1S/C25H19F6N3O4/c1-13(14-4-7-19-20(11-14)38-25(30,31)37-19)32-18-12-15(5-6-17(18)26)34-22-16(21(33-34)24(27,28)29)3-2-8-23(22)35-9-10-36-23/h4-7,9-13,32H,2-3,8H2,1H3/t13-/m0/s1. The van der Waals surface area contributed by atoms with E-state index >= 15 is 0 Å². The van der Waals surface area contributed by atoms with Gasteiger partial charge in [-0.3, -0.25) is 0 Å². The van der Waals surface area contributed by atoms with E-state index in [2.05, 4.69) is 19.9 Å². The molecule has 1 atom stereocenters. The Labute approximate surface area is 211 Å². The normalized spacial score (nSPS) is 19.1. The van der Waals surface area contributed by atoms with Crippen molar-refractivity contribution in [3.63, 3.8) is 0 Å². The molecular weight excluding hydrogens is 520 g/mol. The minimum atomic E-state index is -4.73. The molecule has 0 fully saturated rings. The van der Waals surface area contributed by atoms with Crippen LogP contribution in [0.3, 0.4) is 0 Å². The summed E-state index contributed by atoms with van der Waals surface area (Å²) in [5.74, 6) is -2.47. The molecule has 3 aromatic rings. The van der Waals surface area contributed by atoms with Crippen LogP contribution in [-0.4, -0.2) is 16.1 Å². The molecule has 0 unspecified atom stereocenters. The summed E-state index contributed by atoms with van der Waals surface area (Å²) >= 11 is 0. The monoisotopic (exact) mass is 539 g/mol. The maximum Gasteiger partial charge on any atom is 0.586 e. The molecule has 3 heterocycles. The Balaban J connectivity index is 1.37. The van der Waals surface area contributed by atoms with E-state index < -0.39 is 35.8 Å². The number of hydrogen-bond donors (Lipinski definition) is 1. The summed E-state index contributed by atoms with van der Waals surface area (Å²) in [6.07, 6.45) is -5.19. The number of halogens is 6. The second-order valence-electron chi connectivity index (χ2n) is 9.10. The van der Waals surface area contributed by atoms with Gasteiger partial charge in [0.05, 0.1) is 11.4 Å². The van der Waals surface area contributed by atoms with Gasteiger partial charge in [-0.2, -0.15) is 18.3 Å². The van der Waals surface area contributed by atoms with Gasteiger partial charge in [0.25, 0.3) is 5.79 Å². The highest BCUT2D eigenvalue weighted by Crippen LogP contribution is 2.47. The third kappa shape index (κ3) is 3.96. The van der Waals surface area contributed by atoms with Crippen LogP contribution in [0.5, 0.6) is 11.5 Å². The van der Waals surface area contributed by atoms with Crippen molar-refractivity contribution in [2.24, 2.45) is 0 Å². The van der Waals surface area contributed by atoms with Crippen molar-refractivity contribution < 1.29 is 45.3 Å². The quantitative estimate of drug-likeness (QED) is 0.381. The number of aromatic nitrogens is 2. The molecular formula is C25H19F6N3O4. The summed E-state index contributed by atoms with van der Waals surface area (Å²) in [5, 5.41) is 6.80. The van der Waals surface area contributed by atoms with Crippen molar-refractivity contribution in [3.05, 3.63) is 77.3 Å². The van der Waals surface area contributed by atoms with Crippen LogP contribution >= 0.6 is 0 Å². The number of benzene rings is 2. The molecule has 2 aromatic carbocycles. The summed E-state index contributed by atoms with van der Waals surface area (Å²) in [6.45, 7) is 1.65. The Morgan fingerprint density at radius 1 is 1.03 bits per heavy atom. The number of nitrogens with zero attached hydrogens (tertiary/aromatic N) is 2. The highest BCUT2D eigenvalue weighted by molar-refractivity contribution is 5.56. The molecule has 0 bridgehead atoms. The van der Waals surface area contributed by atoms with Gasteiger partial charge < -0.3 is 24.3 Å². The van der Waals surface area contributed by atoms with Gasteiger partial charge in [0.1, 0.15) is 24.0 Å². The third-order valence-corrected chi connectivity index (χ3v) is 6.61. The van der Waals surface area contributed by atoms with Gasteiger partial charge in [-0.15, -0.1) is 8.78 Å². The van der Waals surface area contributed by atoms with Gasteiger partial charge in [0.2, 0.25) is 0 Å². The number of alkyl halides is 5. The fourth-order valence-electron chi connectivity index (χ4n) is 4.95. The van der Waals surface area contributed by atoms with Crippen LogP contribution < -0.4 is 14.8 Å². The van der Waals surface area contributed by atoms with Gasteiger partial charge in [-0.1, -0.05) is 6.07 Å². The second-order valence-corrected chi connectivity index (χ2v) is 9.10. The summed E-state index contributed by atoms with van der Waals surface area (Å²) in [4.78, 5) is 0. The number of nitrogens with one attached hydrogen (secondary N) is 1. The molecule has 3 aliphatic rings. The van der Waals surface area contributed by atoms with E-state index in [1.807, 2.05) is 0 Å². The number of anilines is 1. The van der Waals surface area contributed by atoms with E-state index in [4.69, 9.17) is 9.47 Å². The zero-order valence-corrected chi connectivity index (χ0v) is 19.6. The largest absolute Gasteiger partial charge is 0.586 e. The van der Waals surface area contributed by atoms with Crippen molar-refractivity contribution in [1.29, 1.82) is 0 Å². The molecule has 0 amide bonds. The molecule has 7 nitrogen and oxygen atoms in total. The fraction of sp³-hybridized carbons (Fsp3) is 0.320. The summed E-state index contributed by atoms with van der Waals surface area (Å²) in [7, 11) is 0. The van der Waals surface area contributed by atoms with E-state index in [1.54, 1.807) is 6.92 Å². The molecule has 0 saturated carbocycles. The highest BCUT2D eigenvalue weighted by atomic mass is 19.4. The zero-order valence-electron chi connectivity index (χ0n) is 19.6. The second kappa shape index (κ2) is 8.23. The third-order valence-electron chi connectivity index (χ3n) is 6.61. The predicted molar refractivity (Wildman–Crippen MR) is 119 cm³/mol. The van der Waals surface area contributed by atoms with Gasteiger partial charge in [-0.25, -0.2) is 9.07 Å². The Bertz CT molecular complexity index is 1440. The van der Waals surface area contributed by atoms with Crippen LogP contribution in [0.15, 0.2) is 48.9 Å². The van der Waals surface area contributed by atoms with Crippen molar-refractivity contribution in [2.45, 2.75) is 50.5 Å². The van der Waals surface area contributed by atoms with Crippen LogP contribution in [0.2, 0.25) is 0 Å². The average Bonchev–Trinajstić information content (AvgIpc) is 3.55. The Hall–Kier alpha value is -4.03. The van der Waals surface area contributed by atoms with Crippen LogP contribution in [-0.2, 0) is 27.9 Å². The lowest BCUT2D eigenvalue weighted by Crippen LogP contribution is -2.34. The SMILES string of the molecule is C[C@H](Nc1cc(-n2nc(C(F)(F)F)c3c2C2(CCC3)OC=CO2)ccc1F)c1ccc2c(c1)OC(F)(F)O2. The number of rotatable bonds is 4. The number of fused-ring (bicyclic) bond motifs is 3. The fourth-order valence-corrected chi connectivity index (χ4v) is 4.95. The Morgan fingerprint density at radius 3 is 2.50 bits per heavy atom. The molecule has 1 aromatic heterocycles. The van der Waals surface area contributed by atoms with Crippen molar-refractivity contribution in [3.8, 4) is 17.2 Å². The van der Waals surface area contributed by atoms with E-state index in [-0.39, 0.29) is 40.6 Å². The van der Waals surface area contributed by atoms with Gasteiger partial charge in [0, 0.05) is 18.0 Å². The Morgan fingerprint density at radius 2 is 1.76 bits per heavy atom. The minimum Gasteiger partial charge on any atom is -0.451 e. The zero-order chi connectivity index (χ0) is 26.9. The molecule has 2 aliphatic heterocycles. The van der Waals surface area contributed by atoms with Crippen LogP contribution in [0.1, 0.15) is 48.3 Å². The summed E-state index contributed by atoms with van der Waals surface area (Å²) < 4.78 is 105. The average molecular weight is 539 g/mol. The first-order valence-corrected chi connectivity index (χ1v) is 11.6. The first-order valence-electron chi connectivity index (χ1n) is 11.6. The number of ether oxygens (including phenoxy) is 4. The van der Waals surface area contributed by atoms with Crippen LogP contribution in [0.4, 0.5) is 32.0 Å². The number of hydrogen-bond acceptors (Lipinski definition) is 6.